The van der Waals surface area contributed by atoms with Gasteiger partial charge in [0.2, 0.25) is 0 Å². The van der Waals surface area contributed by atoms with Gasteiger partial charge in [0, 0.05) is 27.1 Å². The molecule has 0 aromatic heterocycles. The van der Waals surface area contributed by atoms with E-state index in [1.807, 2.05) is 36.4 Å². The van der Waals surface area contributed by atoms with Crippen LogP contribution in [0.2, 0.25) is 0 Å². The molecule has 1 atom stereocenters. The Bertz CT molecular complexity index is 582. The van der Waals surface area contributed by atoms with Crippen LogP contribution >= 0.6 is 31.9 Å². The quantitative estimate of drug-likeness (QED) is 0.827. The number of amides is 1. The van der Waals surface area contributed by atoms with Gasteiger partial charge in [-0.05, 0) is 23.8 Å². The third-order valence-electron chi connectivity index (χ3n) is 2.84. The summed E-state index contributed by atoms with van der Waals surface area (Å²) >= 11 is 6.73. The molecule has 0 heterocycles. The Morgan fingerprint density at radius 2 is 1.70 bits per heavy atom. The largest absolute Gasteiger partial charge is 0.350 e. The van der Waals surface area contributed by atoms with Crippen LogP contribution in [0.25, 0.3) is 0 Å². The highest BCUT2D eigenvalue weighted by Crippen LogP contribution is 2.20. The van der Waals surface area contributed by atoms with Crippen LogP contribution in [0.15, 0.2) is 57.5 Å². The zero-order chi connectivity index (χ0) is 14.5. The molecule has 2 aromatic rings. The standard InChI is InChI=1S/C15H14Br2N2O/c16-12-6-11(7-13(17)8-12)15(20)19-9-14(18)10-4-2-1-3-5-10/h1-8,14H,9,18H2,(H,19,20). The predicted molar refractivity (Wildman–Crippen MR) is 87.5 cm³/mol. The van der Waals surface area contributed by atoms with Crippen LogP contribution in [0, 0.1) is 0 Å². The van der Waals surface area contributed by atoms with Gasteiger partial charge < -0.3 is 11.1 Å². The Labute approximate surface area is 134 Å². The van der Waals surface area contributed by atoms with Gasteiger partial charge in [-0.2, -0.15) is 0 Å². The van der Waals surface area contributed by atoms with Gasteiger partial charge in [-0.15, -0.1) is 0 Å². The first-order valence-electron chi connectivity index (χ1n) is 6.11. The SMILES string of the molecule is NC(CNC(=O)c1cc(Br)cc(Br)c1)c1ccccc1. The zero-order valence-electron chi connectivity index (χ0n) is 10.6. The van der Waals surface area contributed by atoms with E-state index in [2.05, 4.69) is 37.2 Å². The van der Waals surface area contributed by atoms with Gasteiger partial charge in [0.05, 0.1) is 0 Å². The fourth-order valence-electron chi connectivity index (χ4n) is 1.81. The van der Waals surface area contributed by atoms with Crippen LogP contribution in [0.5, 0.6) is 0 Å². The smallest absolute Gasteiger partial charge is 0.251 e. The summed E-state index contributed by atoms with van der Waals surface area (Å²) in [6, 6.07) is 14.9. The van der Waals surface area contributed by atoms with Gasteiger partial charge in [-0.25, -0.2) is 0 Å². The summed E-state index contributed by atoms with van der Waals surface area (Å²) in [5.74, 6) is -0.140. The molecular formula is C15H14Br2N2O. The molecule has 0 bridgehead atoms. The van der Waals surface area contributed by atoms with Crippen molar-refractivity contribution in [1.29, 1.82) is 0 Å². The van der Waals surface area contributed by atoms with Gasteiger partial charge >= 0.3 is 0 Å². The van der Waals surface area contributed by atoms with Crippen molar-refractivity contribution in [3.05, 3.63) is 68.6 Å². The molecule has 0 aliphatic rings. The Balaban J connectivity index is 1.98. The number of nitrogens with two attached hydrogens (primary N) is 1. The van der Waals surface area contributed by atoms with Crippen LogP contribution in [-0.2, 0) is 0 Å². The number of rotatable bonds is 4. The summed E-state index contributed by atoms with van der Waals surface area (Å²) in [7, 11) is 0. The second-order valence-electron chi connectivity index (χ2n) is 4.39. The van der Waals surface area contributed by atoms with Gasteiger partial charge in [0.25, 0.3) is 5.91 Å². The van der Waals surface area contributed by atoms with E-state index in [1.54, 1.807) is 12.1 Å². The first-order chi connectivity index (χ1) is 9.56. The van der Waals surface area contributed by atoms with E-state index in [9.17, 15) is 4.79 Å². The molecule has 0 saturated heterocycles. The number of carbonyl (C=O) groups is 1. The van der Waals surface area contributed by atoms with E-state index in [4.69, 9.17) is 5.73 Å². The van der Waals surface area contributed by atoms with Crippen LogP contribution in [0.3, 0.4) is 0 Å². The molecule has 0 radical (unpaired) electrons. The molecule has 0 spiro atoms. The number of carbonyl (C=O) groups excluding carboxylic acids is 1. The van der Waals surface area contributed by atoms with Gasteiger partial charge in [-0.1, -0.05) is 62.2 Å². The lowest BCUT2D eigenvalue weighted by atomic mass is 10.1. The Morgan fingerprint density at radius 3 is 2.30 bits per heavy atom. The topological polar surface area (TPSA) is 55.1 Å². The second-order valence-corrected chi connectivity index (χ2v) is 6.22. The van der Waals surface area contributed by atoms with Crippen molar-refractivity contribution >= 4 is 37.8 Å². The highest BCUT2D eigenvalue weighted by molar-refractivity contribution is 9.11. The van der Waals surface area contributed by atoms with Gasteiger partial charge in [0.15, 0.2) is 0 Å². The average Bonchev–Trinajstić information content (AvgIpc) is 2.44. The molecule has 2 rings (SSSR count). The van der Waals surface area contributed by atoms with Crippen LogP contribution in [-0.4, -0.2) is 12.5 Å². The van der Waals surface area contributed by atoms with Crippen molar-refractivity contribution in [1.82, 2.24) is 5.32 Å². The number of halogens is 2. The average molecular weight is 398 g/mol. The van der Waals surface area contributed by atoms with Crippen molar-refractivity contribution in [2.45, 2.75) is 6.04 Å². The molecule has 0 fully saturated rings. The summed E-state index contributed by atoms with van der Waals surface area (Å²) in [6.07, 6.45) is 0. The van der Waals surface area contributed by atoms with E-state index in [-0.39, 0.29) is 11.9 Å². The van der Waals surface area contributed by atoms with E-state index in [0.29, 0.717) is 12.1 Å². The maximum absolute atomic E-state index is 12.1. The first kappa shape index (κ1) is 15.2. The summed E-state index contributed by atoms with van der Waals surface area (Å²) in [5.41, 5.74) is 7.64. The number of benzene rings is 2. The minimum Gasteiger partial charge on any atom is -0.350 e. The first-order valence-corrected chi connectivity index (χ1v) is 7.69. The molecule has 2 aromatic carbocycles. The van der Waals surface area contributed by atoms with Crippen molar-refractivity contribution in [3.63, 3.8) is 0 Å². The minimum absolute atomic E-state index is 0.140. The third-order valence-corrected chi connectivity index (χ3v) is 3.75. The van der Waals surface area contributed by atoms with Crippen molar-refractivity contribution in [3.8, 4) is 0 Å². The normalized spacial score (nSPS) is 11.9. The molecule has 0 saturated carbocycles. The van der Waals surface area contributed by atoms with Crippen molar-refractivity contribution < 1.29 is 4.79 Å². The van der Waals surface area contributed by atoms with E-state index < -0.39 is 0 Å². The van der Waals surface area contributed by atoms with E-state index >= 15 is 0 Å². The van der Waals surface area contributed by atoms with Crippen molar-refractivity contribution in [2.75, 3.05) is 6.54 Å². The second kappa shape index (κ2) is 7.02. The lowest BCUT2D eigenvalue weighted by Gasteiger charge is -2.13. The molecular weight excluding hydrogens is 384 g/mol. The maximum atomic E-state index is 12.1. The van der Waals surface area contributed by atoms with E-state index in [0.717, 1.165) is 14.5 Å². The van der Waals surface area contributed by atoms with Crippen LogP contribution < -0.4 is 11.1 Å². The molecule has 5 heteroatoms. The van der Waals surface area contributed by atoms with Crippen molar-refractivity contribution in [2.24, 2.45) is 5.73 Å². The molecule has 3 nitrogen and oxygen atoms in total. The van der Waals surface area contributed by atoms with Crippen LogP contribution in [0.1, 0.15) is 22.0 Å². The molecule has 1 unspecified atom stereocenters. The predicted octanol–water partition coefficient (Wildman–Crippen LogP) is 3.64. The van der Waals surface area contributed by atoms with Gasteiger partial charge in [0.1, 0.15) is 0 Å². The van der Waals surface area contributed by atoms with E-state index in [1.165, 1.54) is 0 Å². The summed E-state index contributed by atoms with van der Waals surface area (Å²) in [4.78, 5) is 12.1. The van der Waals surface area contributed by atoms with Gasteiger partial charge in [-0.3, -0.25) is 4.79 Å². The fourth-order valence-corrected chi connectivity index (χ4v) is 3.10. The number of nitrogens with one attached hydrogen (secondary N) is 1. The Morgan fingerprint density at radius 1 is 1.10 bits per heavy atom. The summed E-state index contributed by atoms with van der Waals surface area (Å²) in [6.45, 7) is 0.396. The molecule has 104 valence electrons. The fraction of sp³-hybridized carbons (Fsp3) is 0.133. The number of hydrogen-bond donors (Lipinski definition) is 2. The molecule has 3 N–H and O–H groups in total. The number of hydrogen-bond acceptors (Lipinski definition) is 2. The molecule has 0 aliphatic carbocycles. The highest BCUT2D eigenvalue weighted by Gasteiger charge is 2.10. The molecule has 0 aliphatic heterocycles. The zero-order valence-corrected chi connectivity index (χ0v) is 13.8. The monoisotopic (exact) mass is 396 g/mol. The Kier molecular flexibility index (Phi) is 5.34. The lowest BCUT2D eigenvalue weighted by molar-refractivity contribution is 0.0951. The summed E-state index contributed by atoms with van der Waals surface area (Å²) < 4.78 is 1.70. The Hall–Kier alpha value is -1.17. The van der Waals surface area contributed by atoms with Crippen LogP contribution in [0.4, 0.5) is 0 Å². The maximum Gasteiger partial charge on any atom is 0.251 e. The summed E-state index contributed by atoms with van der Waals surface area (Å²) in [5, 5.41) is 2.85. The molecule has 20 heavy (non-hydrogen) atoms. The third kappa shape index (κ3) is 4.16. The molecule has 1 amide bonds. The minimum atomic E-state index is -0.212. The highest BCUT2D eigenvalue weighted by atomic mass is 79.9. The lowest BCUT2D eigenvalue weighted by Crippen LogP contribution is -2.31.